The molecule has 2 aliphatic heterocycles. The fourth-order valence-corrected chi connectivity index (χ4v) is 5.08. The summed E-state index contributed by atoms with van der Waals surface area (Å²) in [5.41, 5.74) is 5.02. The molecule has 4 aromatic rings. The third kappa shape index (κ3) is 5.81. The van der Waals surface area contributed by atoms with Gasteiger partial charge in [0.25, 0.3) is 5.91 Å². The first-order valence-corrected chi connectivity index (χ1v) is 13.4. The Morgan fingerprint density at radius 2 is 1.90 bits per heavy atom. The number of urea groups is 1. The summed E-state index contributed by atoms with van der Waals surface area (Å²) in [4.78, 5) is 40.4. The van der Waals surface area contributed by atoms with Crippen LogP contribution in [0.5, 0.6) is 0 Å². The molecule has 0 radical (unpaired) electrons. The third-order valence-electron chi connectivity index (χ3n) is 6.95. The molecule has 0 spiro atoms. The van der Waals surface area contributed by atoms with Crippen molar-refractivity contribution in [3.05, 3.63) is 94.9 Å². The predicted molar refractivity (Wildman–Crippen MR) is 155 cm³/mol. The number of pyridine rings is 1. The second kappa shape index (κ2) is 11.2. The maximum Gasteiger partial charge on any atom is 0.319 e. The first-order chi connectivity index (χ1) is 19.5. The largest absolute Gasteiger partial charge is 0.339 e. The molecule has 0 unspecified atom stereocenters. The van der Waals surface area contributed by atoms with Crippen molar-refractivity contribution < 1.29 is 9.59 Å². The van der Waals surface area contributed by atoms with Crippen molar-refractivity contribution in [3.8, 4) is 0 Å². The highest BCUT2D eigenvalue weighted by atomic mass is 35.5. The van der Waals surface area contributed by atoms with Crippen molar-refractivity contribution in [3.63, 3.8) is 0 Å². The van der Waals surface area contributed by atoms with E-state index in [1.165, 1.54) is 0 Å². The third-order valence-corrected chi connectivity index (χ3v) is 7.22. The molecule has 4 N–H and O–H groups in total. The van der Waals surface area contributed by atoms with E-state index in [4.69, 9.17) is 11.6 Å². The van der Waals surface area contributed by atoms with E-state index in [1.54, 1.807) is 35.6 Å². The smallest absolute Gasteiger partial charge is 0.319 e. The Labute approximate surface area is 236 Å². The summed E-state index contributed by atoms with van der Waals surface area (Å²) in [6.45, 7) is 1.02. The number of hydrogen-bond acceptors (Lipinski definition) is 7. The Morgan fingerprint density at radius 1 is 1.00 bits per heavy atom. The number of aryl methyl sites for hydroxylation is 2. The van der Waals surface area contributed by atoms with Gasteiger partial charge in [0.1, 0.15) is 5.02 Å². The van der Waals surface area contributed by atoms with Gasteiger partial charge in [0.2, 0.25) is 5.95 Å². The first kappa shape index (κ1) is 25.6. The standard InChI is InChI=1S/C29H27ClN8O2/c30-24-16-32-28-34-21-5-1-3-18(13-21)6-7-19-14-22(33-26(24)37-28)8-9-25(19)36-29(40)35-23-10-12-38(17-23)27(39)20-4-2-11-31-15-20/h1-5,8-9,11,13-16,23H,6-7,10,12,17H2,(H2,35,36,40)(H2,32,33,34,37)/t23-/m0/s1. The molecule has 4 heterocycles. The van der Waals surface area contributed by atoms with Gasteiger partial charge in [-0.3, -0.25) is 9.78 Å². The number of rotatable bonds is 3. The van der Waals surface area contributed by atoms with E-state index in [2.05, 4.69) is 48.4 Å². The molecule has 2 aliphatic rings. The number of anilines is 5. The lowest BCUT2D eigenvalue weighted by molar-refractivity contribution is 0.0789. The minimum atomic E-state index is -0.310. The molecule has 1 fully saturated rings. The average Bonchev–Trinajstić information content (AvgIpc) is 3.43. The quantitative estimate of drug-likeness (QED) is 0.276. The van der Waals surface area contributed by atoms with Gasteiger partial charge >= 0.3 is 6.03 Å². The first-order valence-electron chi connectivity index (χ1n) is 13.1. The molecule has 2 aromatic heterocycles. The molecule has 0 saturated carbocycles. The van der Waals surface area contributed by atoms with Gasteiger partial charge in [-0.2, -0.15) is 4.98 Å². The molecular formula is C29H27ClN8O2. The minimum Gasteiger partial charge on any atom is -0.339 e. The fourth-order valence-electron chi connectivity index (χ4n) is 4.94. The zero-order chi connectivity index (χ0) is 27.5. The molecule has 40 heavy (non-hydrogen) atoms. The van der Waals surface area contributed by atoms with Gasteiger partial charge in [0.05, 0.1) is 11.8 Å². The lowest BCUT2D eigenvalue weighted by Gasteiger charge is -2.18. The molecule has 0 aliphatic carbocycles. The van der Waals surface area contributed by atoms with Crippen LogP contribution < -0.4 is 21.3 Å². The van der Waals surface area contributed by atoms with Gasteiger partial charge in [0.15, 0.2) is 5.82 Å². The van der Waals surface area contributed by atoms with Crippen molar-refractivity contribution in [2.24, 2.45) is 0 Å². The Morgan fingerprint density at radius 3 is 2.77 bits per heavy atom. The zero-order valence-electron chi connectivity index (χ0n) is 21.5. The van der Waals surface area contributed by atoms with Crippen LogP contribution in [-0.2, 0) is 12.8 Å². The monoisotopic (exact) mass is 554 g/mol. The molecule has 1 saturated heterocycles. The summed E-state index contributed by atoms with van der Waals surface area (Å²) in [5, 5.41) is 12.9. The van der Waals surface area contributed by atoms with E-state index in [9.17, 15) is 9.59 Å². The lowest BCUT2D eigenvalue weighted by atomic mass is 10.0. The van der Waals surface area contributed by atoms with Gasteiger partial charge in [-0.05, 0) is 72.9 Å². The molecule has 1 atom stereocenters. The SMILES string of the molecule is O=C(Nc1ccc2cc1CCc1cccc(c1)Nc1ncc(Cl)c(n1)N2)N[C@H]1CCN(C(=O)c2cccnc2)C1. The van der Waals surface area contributed by atoms with Crippen LogP contribution in [-0.4, -0.2) is 50.9 Å². The van der Waals surface area contributed by atoms with Crippen LogP contribution in [0.2, 0.25) is 5.02 Å². The topological polar surface area (TPSA) is 124 Å². The number of carbonyl (C=O) groups excluding carboxylic acids is 2. The molecule has 6 bridgehead atoms. The second-order valence-electron chi connectivity index (χ2n) is 9.79. The summed E-state index contributed by atoms with van der Waals surface area (Å²) in [6.07, 6.45) is 6.90. The van der Waals surface area contributed by atoms with Gasteiger partial charge in [-0.25, -0.2) is 9.78 Å². The molecule has 3 amide bonds. The van der Waals surface area contributed by atoms with E-state index in [-0.39, 0.29) is 18.0 Å². The summed E-state index contributed by atoms with van der Waals surface area (Å²) in [7, 11) is 0. The van der Waals surface area contributed by atoms with E-state index in [0.29, 0.717) is 54.0 Å². The van der Waals surface area contributed by atoms with Crippen molar-refractivity contribution in [1.82, 2.24) is 25.2 Å². The number of benzene rings is 2. The van der Waals surface area contributed by atoms with E-state index in [0.717, 1.165) is 28.9 Å². The van der Waals surface area contributed by atoms with Gasteiger partial charge in [-0.1, -0.05) is 23.7 Å². The maximum atomic E-state index is 13.0. The second-order valence-corrected chi connectivity index (χ2v) is 10.2. The van der Waals surface area contributed by atoms with Crippen LogP contribution in [0.4, 0.5) is 33.6 Å². The minimum absolute atomic E-state index is 0.0812. The van der Waals surface area contributed by atoms with Gasteiger partial charge in [0, 0.05) is 48.6 Å². The van der Waals surface area contributed by atoms with Crippen LogP contribution in [0, 0.1) is 0 Å². The number of hydrogen-bond donors (Lipinski definition) is 4. The Kier molecular flexibility index (Phi) is 7.15. The van der Waals surface area contributed by atoms with Crippen LogP contribution in [0.1, 0.15) is 27.9 Å². The van der Waals surface area contributed by atoms with Crippen LogP contribution in [0.25, 0.3) is 0 Å². The lowest BCUT2D eigenvalue weighted by Crippen LogP contribution is -2.40. The molecule has 6 rings (SSSR count). The number of amides is 3. The number of carbonyl (C=O) groups is 2. The Bertz CT molecular complexity index is 1570. The summed E-state index contributed by atoms with van der Waals surface area (Å²) in [6, 6.07) is 16.8. The molecular weight excluding hydrogens is 528 g/mol. The highest BCUT2D eigenvalue weighted by Gasteiger charge is 2.28. The number of halogens is 1. The van der Waals surface area contributed by atoms with Crippen molar-refractivity contribution in [1.29, 1.82) is 0 Å². The molecule has 11 heteroatoms. The highest BCUT2D eigenvalue weighted by molar-refractivity contribution is 6.32. The van der Waals surface area contributed by atoms with Crippen molar-refractivity contribution in [2.75, 3.05) is 29.0 Å². The highest BCUT2D eigenvalue weighted by Crippen LogP contribution is 2.29. The molecule has 2 aromatic carbocycles. The number of fused-ring (bicyclic) bond motifs is 6. The number of nitrogens with zero attached hydrogens (tertiary/aromatic N) is 4. The van der Waals surface area contributed by atoms with Gasteiger partial charge < -0.3 is 26.2 Å². The van der Waals surface area contributed by atoms with Gasteiger partial charge in [-0.15, -0.1) is 0 Å². The molecule has 202 valence electrons. The fraction of sp³-hybridized carbons (Fsp3) is 0.207. The number of aromatic nitrogens is 3. The predicted octanol–water partition coefficient (Wildman–Crippen LogP) is 5.15. The maximum absolute atomic E-state index is 13.0. The number of nitrogens with one attached hydrogen (secondary N) is 4. The van der Waals surface area contributed by atoms with Crippen LogP contribution in [0.3, 0.4) is 0 Å². The summed E-state index contributed by atoms with van der Waals surface area (Å²) < 4.78 is 0. The van der Waals surface area contributed by atoms with Crippen LogP contribution >= 0.6 is 11.6 Å². The Balaban J connectivity index is 1.18. The van der Waals surface area contributed by atoms with Crippen molar-refractivity contribution in [2.45, 2.75) is 25.3 Å². The summed E-state index contributed by atoms with van der Waals surface area (Å²) >= 11 is 6.37. The van der Waals surface area contributed by atoms with Crippen molar-refractivity contribution >= 4 is 52.4 Å². The normalized spacial score (nSPS) is 15.9. The van der Waals surface area contributed by atoms with Crippen LogP contribution in [0.15, 0.2) is 73.2 Å². The molecule has 10 nitrogen and oxygen atoms in total. The average molecular weight is 555 g/mol. The Hall–Kier alpha value is -4.70. The van der Waals surface area contributed by atoms with E-state index < -0.39 is 0 Å². The number of likely N-dealkylation sites (tertiary alicyclic amines) is 1. The van der Waals surface area contributed by atoms with E-state index >= 15 is 0 Å². The zero-order valence-corrected chi connectivity index (χ0v) is 22.3. The van der Waals surface area contributed by atoms with E-state index in [1.807, 2.05) is 30.3 Å². The summed E-state index contributed by atoms with van der Waals surface area (Å²) in [5.74, 6) is 0.832.